The molecule has 9 heteroatoms. The van der Waals surface area contributed by atoms with Crippen molar-refractivity contribution in [3.05, 3.63) is 34.1 Å². The summed E-state index contributed by atoms with van der Waals surface area (Å²) < 4.78 is 51.0. The lowest BCUT2D eigenvalue weighted by Crippen LogP contribution is -2.61. The Morgan fingerprint density at radius 3 is 2.25 bits per heavy atom. The van der Waals surface area contributed by atoms with Gasteiger partial charge in [0.1, 0.15) is 5.82 Å². The average Bonchev–Trinajstić information content (AvgIpc) is 2.30. The number of aliphatic carboxylic acids is 1. The Kier molecular flexibility index (Phi) is 4.42. The molecule has 1 aromatic rings. The van der Waals surface area contributed by atoms with Crippen LogP contribution in [0.3, 0.4) is 0 Å². The van der Waals surface area contributed by atoms with E-state index < -0.39 is 29.4 Å². The van der Waals surface area contributed by atoms with Crippen LogP contribution in [0.4, 0.5) is 17.6 Å². The second-order valence-electron chi connectivity index (χ2n) is 4.01. The highest BCUT2D eigenvalue weighted by molar-refractivity contribution is 9.10. The summed E-state index contributed by atoms with van der Waals surface area (Å²) in [5.74, 6) is -4.24. The molecule has 0 saturated carbocycles. The van der Waals surface area contributed by atoms with Crippen molar-refractivity contribution in [2.45, 2.75) is 18.6 Å². The van der Waals surface area contributed by atoms with Gasteiger partial charge in [0.25, 0.3) is 5.91 Å². The van der Waals surface area contributed by atoms with E-state index in [0.29, 0.717) is 6.92 Å². The Bertz CT molecular complexity index is 561. The van der Waals surface area contributed by atoms with Crippen molar-refractivity contribution in [3.8, 4) is 0 Å². The average molecular weight is 358 g/mol. The molecule has 1 atom stereocenters. The first-order valence-electron chi connectivity index (χ1n) is 5.06. The Morgan fingerprint density at radius 2 is 1.85 bits per heavy atom. The number of amides is 1. The van der Waals surface area contributed by atoms with E-state index in [9.17, 15) is 27.2 Å². The van der Waals surface area contributed by atoms with E-state index in [0.717, 1.165) is 18.2 Å². The molecule has 1 rings (SSSR count). The van der Waals surface area contributed by atoms with Gasteiger partial charge in [0.2, 0.25) is 5.54 Å². The molecule has 0 aliphatic carbocycles. The van der Waals surface area contributed by atoms with Crippen LogP contribution in [0.1, 0.15) is 17.3 Å². The number of benzene rings is 1. The number of halogens is 5. The minimum atomic E-state index is -5.19. The molecule has 0 aliphatic heterocycles. The Hall–Kier alpha value is -1.64. The van der Waals surface area contributed by atoms with Gasteiger partial charge in [-0.15, -0.1) is 0 Å². The number of alkyl halides is 3. The minimum Gasteiger partial charge on any atom is -0.479 e. The maximum absolute atomic E-state index is 13.0. The molecule has 110 valence electrons. The smallest absolute Gasteiger partial charge is 0.422 e. The predicted molar refractivity (Wildman–Crippen MR) is 63.7 cm³/mol. The van der Waals surface area contributed by atoms with Gasteiger partial charge in [-0.2, -0.15) is 13.2 Å². The summed E-state index contributed by atoms with van der Waals surface area (Å²) in [6, 6.07) is 2.75. The maximum Gasteiger partial charge on any atom is 0.422 e. The van der Waals surface area contributed by atoms with Crippen molar-refractivity contribution in [2.24, 2.45) is 0 Å². The normalized spacial score (nSPS) is 14.5. The zero-order valence-electron chi connectivity index (χ0n) is 9.89. The predicted octanol–water partition coefficient (Wildman–Crippen LogP) is 2.72. The number of rotatable bonds is 3. The van der Waals surface area contributed by atoms with Crippen LogP contribution in [0.2, 0.25) is 0 Å². The molecule has 1 aromatic carbocycles. The third kappa shape index (κ3) is 3.09. The highest BCUT2D eigenvalue weighted by atomic mass is 79.9. The molecule has 0 saturated heterocycles. The molecule has 1 amide bonds. The van der Waals surface area contributed by atoms with Crippen LogP contribution in [0.25, 0.3) is 0 Å². The van der Waals surface area contributed by atoms with Gasteiger partial charge in [-0.3, -0.25) is 4.79 Å². The van der Waals surface area contributed by atoms with Gasteiger partial charge < -0.3 is 10.4 Å². The lowest BCUT2D eigenvalue weighted by Gasteiger charge is -2.28. The fourth-order valence-electron chi connectivity index (χ4n) is 1.18. The van der Waals surface area contributed by atoms with Crippen molar-refractivity contribution in [1.29, 1.82) is 0 Å². The second-order valence-corrected chi connectivity index (χ2v) is 4.87. The zero-order chi connectivity index (χ0) is 15.7. The molecule has 4 nitrogen and oxygen atoms in total. The lowest BCUT2D eigenvalue weighted by atomic mass is 10.0. The molecular formula is C11H8BrF4NO3. The van der Waals surface area contributed by atoms with Crippen LogP contribution >= 0.6 is 15.9 Å². The molecule has 1 unspecified atom stereocenters. The number of hydrogen-bond donors (Lipinski definition) is 2. The standard InChI is InChI=1S/C11H8BrF4NO3/c1-10(9(19)20,11(14,15)16)17-8(18)5-2-3-7(13)6(12)4-5/h2-4H,1H3,(H,17,18)(H,19,20). The molecule has 0 fully saturated rings. The quantitative estimate of drug-likeness (QED) is 0.817. The van der Waals surface area contributed by atoms with E-state index in [4.69, 9.17) is 5.11 Å². The first-order valence-corrected chi connectivity index (χ1v) is 5.86. The number of carbonyl (C=O) groups excluding carboxylic acids is 1. The number of carbonyl (C=O) groups is 2. The van der Waals surface area contributed by atoms with Gasteiger partial charge >= 0.3 is 12.1 Å². The number of carboxylic acid groups (broad SMARTS) is 1. The van der Waals surface area contributed by atoms with Crippen molar-refractivity contribution < 1.29 is 32.3 Å². The van der Waals surface area contributed by atoms with E-state index in [1.807, 2.05) is 0 Å². The number of nitrogens with one attached hydrogen (secondary N) is 1. The summed E-state index contributed by atoms with van der Waals surface area (Å²) in [7, 11) is 0. The minimum absolute atomic E-state index is 0.130. The molecular weight excluding hydrogens is 350 g/mol. The molecule has 2 N–H and O–H groups in total. The molecule has 0 aromatic heterocycles. The van der Waals surface area contributed by atoms with E-state index in [1.165, 1.54) is 5.32 Å². The van der Waals surface area contributed by atoms with Gasteiger partial charge in [0.05, 0.1) is 4.47 Å². The summed E-state index contributed by atoms with van der Waals surface area (Å²) in [5, 5.41) is 10.0. The topological polar surface area (TPSA) is 66.4 Å². The summed E-state index contributed by atoms with van der Waals surface area (Å²) in [6.45, 7) is 0.325. The van der Waals surface area contributed by atoms with Crippen LogP contribution < -0.4 is 5.32 Å². The fourth-order valence-corrected chi connectivity index (χ4v) is 1.56. The Morgan fingerprint density at radius 1 is 1.30 bits per heavy atom. The van der Waals surface area contributed by atoms with Crippen molar-refractivity contribution in [3.63, 3.8) is 0 Å². The van der Waals surface area contributed by atoms with Crippen molar-refractivity contribution in [1.82, 2.24) is 5.32 Å². The van der Waals surface area contributed by atoms with Crippen LogP contribution in [0, 0.1) is 5.82 Å². The monoisotopic (exact) mass is 357 g/mol. The summed E-state index contributed by atoms with van der Waals surface area (Å²) in [6.07, 6.45) is -5.19. The van der Waals surface area contributed by atoms with Crippen molar-refractivity contribution in [2.75, 3.05) is 0 Å². The molecule has 0 radical (unpaired) electrons. The number of carboxylic acids is 1. The molecule has 0 aliphatic rings. The third-order valence-corrected chi connectivity index (χ3v) is 3.15. The van der Waals surface area contributed by atoms with E-state index in [1.54, 1.807) is 0 Å². The fraction of sp³-hybridized carbons (Fsp3) is 0.273. The second kappa shape index (κ2) is 5.39. The zero-order valence-corrected chi connectivity index (χ0v) is 11.5. The van der Waals surface area contributed by atoms with Crippen LogP contribution in [0.15, 0.2) is 22.7 Å². The van der Waals surface area contributed by atoms with Gasteiger partial charge in [0.15, 0.2) is 0 Å². The van der Waals surface area contributed by atoms with Gasteiger partial charge in [-0.05, 0) is 41.1 Å². The van der Waals surface area contributed by atoms with Gasteiger partial charge in [-0.25, -0.2) is 9.18 Å². The van der Waals surface area contributed by atoms with Crippen LogP contribution in [-0.4, -0.2) is 28.7 Å². The van der Waals surface area contributed by atoms with Gasteiger partial charge in [0, 0.05) is 5.56 Å². The summed E-state index contributed by atoms with van der Waals surface area (Å²) in [5.41, 5.74) is -3.75. The maximum atomic E-state index is 13.0. The highest BCUT2D eigenvalue weighted by Crippen LogP contribution is 2.31. The van der Waals surface area contributed by atoms with E-state index in [2.05, 4.69) is 15.9 Å². The van der Waals surface area contributed by atoms with Gasteiger partial charge in [-0.1, -0.05) is 0 Å². The SMILES string of the molecule is CC(NC(=O)c1ccc(F)c(Br)c1)(C(=O)O)C(F)(F)F. The molecule has 20 heavy (non-hydrogen) atoms. The highest BCUT2D eigenvalue weighted by Gasteiger charge is 2.58. The number of hydrogen-bond acceptors (Lipinski definition) is 2. The van der Waals surface area contributed by atoms with E-state index in [-0.39, 0.29) is 10.0 Å². The largest absolute Gasteiger partial charge is 0.479 e. The van der Waals surface area contributed by atoms with Crippen molar-refractivity contribution >= 4 is 27.8 Å². The molecule has 0 spiro atoms. The Labute approximate surface area is 118 Å². The lowest BCUT2D eigenvalue weighted by molar-refractivity contribution is -0.203. The van der Waals surface area contributed by atoms with E-state index >= 15 is 0 Å². The Balaban J connectivity index is 3.09. The first kappa shape index (κ1) is 16.4. The first-order chi connectivity index (χ1) is 8.99. The van der Waals surface area contributed by atoms with Crippen LogP contribution in [0.5, 0.6) is 0 Å². The molecule has 0 bridgehead atoms. The molecule has 0 heterocycles. The third-order valence-electron chi connectivity index (χ3n) is 2.54. The van der Waals surface area contributed by atoms with Crippen LogP contribution in [-0.2, 0) is 4.79 Å². The summed E-state index contributed by atoms with van der Waals surface area (Å²) in [4.78, 5) is 22.4. The summed E-state index contributed by atoms with van der Waals surface area (Å²) >= 11 is 2.77.